The van der Waals surface area contributed by atoms with Crippen LogP contribution in [0.3, 0.4) is 0 Å². The van der Waals surface area contributed by atoms with Crippen LogP contribution in [0, 0.1) is 29.1 Å². The van der Waals surface area contributed by atoms with Gasteiger partial charge in [-0.05, 0) is 169 Å². The number of fused-ring (bicyclic) bond motifs is 9. The van der Waals surface area contributed by atoms with E-state index in [9.17, 15) is 30.0 Å². The fraction of sp³-hybridized carbons (Fsp3) is 0.385. The Labute approximate surface area is 461 Å². The Bertz CT molecular complexity index is 3100. The minimum Gasteiger partial charge on any atom is -0.508 e. The van der Waals surface area contributed by atoms with Crippen molar-refractivity contribution in [1.29, 1.82) is 0 Å². The molecule has 1 fully saturated rings. The molecule has 0 radical (unpaired) electrons. The predicted octanol–water partition coefficient (Wildman–Crippen LogP) is 11.6. The van der Waals surface area contributed by atoms with Crippen molar-refractivity contribution in [2.24, 2.45) is 28.7 Å². The zero-order chi connectivity index (χ0) is 53.9. The highest BCUT2D eigenvalue weighted by Gasteiger charge is 2.43. The standard InChI is InChI=1S/C65H73N3O7S2/c1-42(69)31-47(16-15-45-10-5-9-44(32-45)14-13-43-7-3-2-4-8-43)23-27-65-28-24-52(70)20-17-46-19-22-60(72)63(34-46)75-30-26-48-18-21-59(71)57(33-48)56-37-61(73)53-25-29-68-58(53)12-6-11-49-35-55(64(66)67)50(36-54(49)56)40-76-77-41-51(38-65)62(74)39-65/h2-5,7-10,18-19,21-22,24-25,28-29,32-36,42,47,51,56,62,64,68-69,71-72,74H,12-17,20,23,26-27,30-31,37-41,66-67H2,1H3/b28-24+/t42-,47+,51-,56+,62-,65+/m0/s1. The Balaban J connectivity index is 0.988. The summed E-state index contributed by atoms with van der Waals surface area (Å²) >= 11 is 0. The van der Waals surface area contributed by atoms with Gasteiger partial charge in [-0.2, -0.15) is 0 Å². The molecule has 9 rings (SSSR count). The monoisotopic (exact) mass is 1070 g/mol. The number of Topliss-reactive ketones (excluding diaryl/α,β-unsaturated/α-hetero) is 1. The van der Waals surface area contributed by atoms with Crippen molar-refractivity contribution in [1.82, 2.24) is 4.98 Å². The number of ether oxygens (including phenoxy) is 1. The first kappa shape index (κ1) is 55.7. The number of nitrogens with two attached hydrogens (primary N) is 2. The van der Waals surface area contributed by atoms with Crippen LogP contribution in [0.1, 0.15) is 142 Å². The number of hydrogen-bond acceptors (Lipinski definition) is 11. The van der Waals surface area contributed by atoms with Crippen LogP contribution >= 0.6 is 21.6 Å². The summed E-state index contributed by atoms with van der Waals surface area (Å²) in [5, 5.41) is 45.2. The van der Waals surface area contributed by atoms with Crippen LogP contribution in [-0.2, 0) is 49.1 Å². The molecule has 0 amide bonds. The Morgan fingerprint density at radius 3 is 2.38 bits per heavy atom. The predicted molar refractivity (Wildman–Crippen MR) is 310 cm³/mol. The fourth-order valence-corrected chi connectivity index (χ4v) is 14.3. The molecule has 0 unspecified atom stereocenters. The van der Waals surface area contributed by atoms with Crippen molar-refractivity contribution in [3.63, 3.8) is 0 Å². The van der Waals surface area contributed by atoms with Crippen molar-refractivity contribution in [3.8, 4) is 29.1 Å². The lowest BCUT2D eigenvalue weighted by Crippen LogP contribution is -2.22. The number of nitrogens with one attached hydrogen (secondary N) is 1. The molecule has 2 heterocycles. The van der Waals surface area contributed by atoms with Crippen LogP contribution in [-0.4, -0.2) is 61.5 Å². The lowest BCUT2D eigenvalue weighted by molar-refractivity contribution is -0.114. The van der Waals surface area contributed by atoms with Gasteiger partial charge >= 0.3 is 0 Å². The van der Waals surface area contributed by atoms with Crippen molar-refractivity contribution in [2.45, 2.75) is 127 Å². The second kappa shape index (κ2) is 26.1. The molecule has 6 atom stereocenters. The summed E-state index contributed by atoms with van der Waals surface area (Å²) in [5.41, 5.74) is 23.3. The van der Waals surface area contributed by atoms with Crippen molar-refractivity contribution < 1.29 is 34.8 Å². The molecule has 5 aromatic carbocycles. The van der Waals surface area contributed by atoms with Gasteiger partial charge in [-0.1, -0.05) is 118 Å². The normalized spacial score (nSPS) is 21.4. The van der Waals surface area contributed by atoms with E-state index in [1.54, 1.807) is 58.1 Å². The molecule has 2 aliphatic carbocycles. The van der Waals surface area contributed by atoms with Crippen LogP contribution in [0.5, 0.6) is 17.2 Å². The number of aromatic hydroxyl groups is 2. The molecule has 6 aromatic rings. The van der Waals surface area contributed by atoms with E-state index in [0.29, 0.717) is 72.5 Å². The average molecular weight is 1070 g/mol. The van der Waals surface area contributed by atoms with E-state index in [4.69, 9.17) is 16.2 Å². The Kier molecular flexibility index (Phi) is 18.9. The number of hydrogen-bond donors (Lipinski definition) is 7. The number of aryl methyl sites for hydroxylation is 4. The summed E-state index contributed by atoms with van der Waals surface area (Å²) in [6, 6.07) is 35.9. The Hall–Kier alpha value is -6.04. The highest BCUT2D eigenvalue weighted by atomic mass is 33.1. The van der Waals surface area contributed by atoms with E-state index in [1.807, 2.05) is 37.3 Å². The maximum atomic E-state index is 14.3. The number of phenols is 2. The molecule has 1 aliphatic heterocycles. The lowest BCUT2D eigenvalue weighted by atomic mass is 9.76. The number of carbonyl (C=O) groups excluding carboxylic acids is 2. The van der Waals surface area contributed by atoms with Gasteiger partial charge in [0.15, 0.2) is 23.1 Å². The van der Waals surface area contributed by atoms with E-state index >= 15 is 0 Å². The van der Waals surface area contributed by atoms with Gasteiger partial charge in [0.25, 0.3) is 0 Å². The third-order valence-electron chi connectivity index (χ3n) is 16.0. The number of ketones is 2. The lowest BCUT2D eigenvalue weighted by Gasteiger charge is -2.29. The number of aromatic amines is 1. The molecular formula is C65H73N3O7S2. The number of aliphatic hydroxyl groups is 2. The summed E-state index contributed by atoms with van der Waals surface area (Å²) in [4.78, 5) is 31.3. The second-order valence-corrected chi connectivity index (χ2v) is 24.3. The maximum Gasteiger partial charge on any atom is 0.165 e. The van der Waals surface area contributed by atoms with Gasteiger partial charge in [0.05, 0.1) is 31.4 Å². The molecule has 8 bridgehead atoms. The number of phenolic OH excluding ortho intramolecular Hbond substituents is 2. The molecule has 3 aliphatic rings. The maximum absolute atomic E-state index is 14.3. The van der Waals surface area contributed by atoms with Gasteiger partial charge in [0, 0.05) is 65.3 Å². The molecule has 0 spiro atoms. The quantitative estimate of drug-likeness (QED) is 0.0350. The summed E-state index contributed by atoms with van der Waals surface area (Å²) in [6.45, 7) is 2.08. The van der Waals surface area contributed by atoms with Crippen LogP contribution in [0.2, 0.25) is 0 Å². The molecule has 1 aromatic heterocycles. The zero-order valence-electron chi connectivity index (χ0n) is 44.1. The highest BCUT2D eigenvalue weighted by Crippen LogP contribution is 2.50. The van der Waals surface area contributed by atoms with Gasteiger partial charge in [-0.25, -0.2) is 0 Å². The van der Waals surface area contributed by atoms with Crippen molar-refractivity contribution >= 4 is 33.2 Å². The molecule has 0 saturated heterocycles. The van der Waals surface area contributed by atoms with Gasteiger partial charge in [-0.15, -0.1) is 0 Å². The number of aromatic nitrogens is 1. The molecule has 1 saturated carbocycles. The highest BCUT2D eigenvalue weighted by molar-refractivity contribution is 8.76. The SMILES string of the molecule is C[C@H](O)C[C@H](CCc1cccc(CCc2ccccc2)c1)CC[C@@]12/C=C/C(=O)CCc3ccc(O)c(c3)OCCc3ccc(O)c(c3)[C@@H]3CC(=O)c4cc[nH]c4CC#Cc4cc(C(N)N)c(cc43)CSSC[C@H](C1)[C@@H](O)C2. The zero-order valence-corrected chi connectivity index (χ0v) is 45.7. The van der Waals surface area contributed by atoms with Crippen molar-refractivity contribution in [3.05, 3.63) is 194 Å². The fourth-order valence-electron chi connectivity index (χ4n) is 11.8. The number of carbonyl (C=O) groups is 2. The van der Waals surface area contributed by atoms with Crippen LogP contribution in [0.4, 0.5) is 0 Å². The number of H-pyrrole nitrogens is 1. The Morgan fingerprint density at radius 2 is 1.57 bits per heavy atom. The van der Waals surface area contributed by atoms with E-state index in [0.717, 1.165) is 72.0 Å². The number of aliphatic hydroxyl groups excluding tert-OH is 2. The van der Waals surface area contributed by atoms with Crippen LogP contribution in [0.25, 0.3) is 0 Å². The van der Waals surface area contributed by atoms with Gasteiger partial charge in [0.2, 0.25) is 0 Å². The summed E-state index contributed by atoms with van der Waals surface area (Å²) in [6.07, 6.45) is 12.6. The van der Waals surface area contributed by atoms with Crippen molar-refractivity contribution in [2.75, 3.05) is 12.4 Å². The molecule has 402 valence electrons. The van der Waals surface area contributed by atoms with Crippen LogP contribution < -0.4 is 16.2 Å². The molecule has 9 N–H and O–H groups in total. The molecule has 12 heteroatoms. The minimum absolute atomic E-state index is 0.00757. The van der Waals surface area contributed by atoms with Crippen LogP contribution in [0.15, 0.2) is 128 Å². The first-order valence-corrected chi connectivity index (χ1v) is 29.8. The van der Waals surface area contributed by atoms with E-state index in [2.05, 4.69) is 77.5 Å². The molecule has 77 heavy (non-hydrogen) atoms. The largest absolute Gasteiger partial charge is 0.508 e. The number of rotatable bonds is 12. The third kappa shape index (κ3) is 14.8. The first-order valence-electron chi connectivity index (χ1n) is 27.3. The smallest absolute Gasteiger partial charge is 0.165 e. The third-order valence-corrected chi connectivity index (χ3v) is 18.4. The van der Waals surface area contributed by atoms with Gasteiger partial charge in [-0.3, -0.25) is 9.59 Å². The summed E-state index contributed by atoms with van der Waals surface area (Å²) in [5.74, 6) is 7.78. The number of allylic oxidation sites excluding steroid dienone is 2. The van der Waals surface area contributed by atoms with Gasteiger partial charge < -0.3 is 41.6 Å². The summed E-state index contributed by atoms with van der Waals surface area (Å²) < 4.78 is 6.19. The average Bonchev–Trinajstić information content (AvgIpc) is 4.03. The second-order valence-electron chi connectivity index (χ2n) is 21.8. The Morgan fingerprint density at radius 1 is 0.805 bits per heavy atom. The van der Waals surface area contributed by atoms with Gasteiger partial charge in [0.1, 0.15) is 5.75 Å². The summed E-state index contributed by atoms with van der Waals surface area (Å²) in [7, 11) is 3.36. The minimum atomic E-state index is -0.805. The van der Waals surface area contributed by atoms with E-state index in [1.165, 1.54) is 16.7 Å². The van der Waals surface area contributed by atoms with E-state index in [-0.39, 0.29) is 54.3 Å². The molecule has 10 nitrogen and oxygen atoms in total. The number of benzene rings is 5. The molecular weight excluding hydrogens is 999 g/mol. The van der Waals surface area contributed by atoms with E-state index < -0.39 is 29.7 Å². The first-order chi connectivity index (χ1) is 37.3. The topological polar surface area (TPSA) is 192 Å².